The van der Waals surface area contributed by atoms with Crippen LogP contribution >= 0.6 is 0 Å². The molecule has 0 aliphatic carbocycles. The topological polar surface area (TPSA) is 47.3 Å². The SMILES string of the molecule is COc1ccc([C@H]2NCCC[C@@H]2CN)cc1. The van der Waals surface area contributed by atoms with Gasteiger partial charge in [0.15, 0.2) is 0 Å². The molecule has 3 N–H and O–H groups in total. The molecule has 0 saturated carbocycles. The second-order valence-electron chi connectivity index (χ2n) is 4.34. The van der Waals surface area contributed by atoms with Crippen LogP contribution in [-0.2, 0) is 0 Å². The first-order valence-corrected chi connectivity index (χ1v) is 5.92. The van der Waals surface area contributed by atoms with E-state index in [0.717, 1.165) is 18.8 Å². The molecule has 0 unspecified atom stereocenters. The summed E-state index contributed by atoms with van der Waals surface area (Å²) in [5.41, 5.74) is 7.14. The highest BCUT2D eigenvalue weighted by molar-refractivity contribution is 5.29. The van der Waals surface area contributed by atoms with Gasteiger partial charge in [0.2, 0.25) is 0 Å². The molecule has 1 heterocycles. The summed E-state index contributed by atoms with van der Waals surface area (Å²) >= 11 is 0. The molecular formula is C13H20N2O. The van der Waals surface area contributed by atoms with Crippen LogP contribution in [0.15, 0.2) is 24.3 Å². The van der Waals surface area contributed by atoms with E-state index in [1.165, 1.54) is 18.4 Å². The third-order valence-corrected chi connectivity index (χ3v) is 3.37. The number of rotatable bonds is 3. The van der Waals surface area contributed by atoms with Gasteiger partial charge in [0.05, 0.1) is 7.11 Å². The van der Waals surface area contributed by atoms with E-state index >= 15 is 0 Å². The minimum absolute atomic E-state index is 0.407. The lowest BCUT2D eigenvalue weighted by atomic mass is 9.86. The summed E-state index contributed by atoms with van der Waals surface area (Å²) < 4.78 is 5.16. The summed E-state index contributed by atoms with van der Waals surface area (Å²) in [6, 6.07) is 8.69. The molecule has 88 valence electrons. The van der Waals surface area contributed by atoms with E-state index in [1.807, 2.05) is 12.1 Å². The first-order valence-electron chi connectivity index (χ1n) is 5.92. The molecule has 0 radical (unpaired) electrons. The number of ether oxygens (including phenoxy) is 1. The van der Waals surface area contributed by atoms with Gasteiger partial charge in [-0.15, -0.1) is 0 Å². The van der Waals surface area contributed by atoms with Gasteiger partial charge in [0.25, 0.3) is 0 Å². The van der Waals surface area contributed by atoms with E-state index in [9.17, 15) is 0 Å². The van der Waals surface area contributed by atoms with Crippen LogP contribution in [0.4, 0.5) is 0 Å². The molecule has 0 bridgehead atoms. The third kappa shape index (κ3) is 2.36. The summed E-state index contributed by atoms with van der Waals surface area (Å²) in [4.78, 5) is 0. The third-order valence-electron chi connectivity index (χ3n) is 3.37. The van der Waals surface area contributed by atoms with Gasteiger partial charge in [-0.3, -0.25) is 0 Å². The van der Waals surface area contributed by atoms with Gasteiger partial charge in [0.1, 0.15) is 5.75 Å². The van der Waals surface area contributed by atoms with Gasteiger partial charge in [-0.2, -0.15) is 0 Å². The van der Waals surface area contributed by atoms with Crippen LogP contribution in [0.25, 0.3) is 0 Å². The van der Waals surface area contributed by atoms with E-state index in [2.05, 4.69) is 17.4 Å². The maximum atomic E-state index is 5.82. The van der Waals surface area contributed by atoms with Crippen LogP contribution in [0.3, 0.4) is 0 Å². The predicted octanol–water partition coefficient (Wildman–Crippen LogP) is 1.69. The lowest BCUT2D eigenvalue weighted by Gasteiger charge is -2.32. The Kier molecular flexibility index (Phi) is 3.80. The summed E-state index contributed by atoms with van der Waals surface area (Å²) in [5, 5.41) is 3.55. The summed E-state index contributed by atoms with van der Waals surface area (Å²) in [5.74, 6) is 1.46. The molecule has 1 aromatic rings. The fraction of sp³-hybridized carbons (Fsp3) is 0.538. The molecule has 1 aliphatic heterocycles. The van der Waals surface area contributed by atoms with E-state index in [-0.39, 0.29) is 0 Å². The van der Waals surface area contributed by atoms with Crippen LogP contribution in [0.5, 0.6) is 5.75 Å². The van der Waals surface area contributed by atoms with Crippen LogP contribution in [0, 0.1) is 5.92 Å². The van der Waals surface area contributed by atoms with E-state index in [4.69, 9.17) is 10.5 Å². The van der Waals surface area contributed by atoms with Gasteiger partial charge in [-0.05, 0) is 49.5 Å². The fourth-order valence-corrected chi connectivity index (χ4v) is 2.41. The smallest absolute Gasteiger partial charge is 0.118 e. The van der Waals surface area contributed by atoms with Gasteiger partial charge >= 0.3 is 0 Å². The molecule has 0 aromatic heterocycles. The molecule has 1 fully saturated rings. The normalized spacial score (nSPS) is 25.4. The zero-order chi connectivity index (χ0) is 11.4. The van der Waals surface area contributed by atoms with E-state index in [1.54, 1.807) is 7.11 Å². The first-order chi connectivity index (χ1) is 7.85. The van der Waals surface area contributed by atoms with Crippen molar-refractivity contribution in [2.24, 2.45) is 11.7 Å². The van der Waals surface area contributed by atoms with Crippen molar-refractivity contribution in [1.29, 1.82) is 0 Å². The molecular weight excluding hydrogens is 200 g/mol. The number of methoxy groups -OCH3 is 1. The Bertz CT molecular complexity index is 323. The Morgan fingerprint density at radius 2 is 2.12 bits per heavy atom. The van der Waals surface area contributed by atoms with Crippen molar-refractivity contribution < 1.29 is 4.74 Å². The Hall–Kier alpha value is -1.06. The quantitative estimate of drug-likeness (QED) is 0.815. The van der Waals surface area contributed by atoms with Crippen molar-refractivity contribution in [2.45, 2.75) is 18.9 Å². The van der Waals surface area contributed by atoms with Crippen LogP contribution < -0.4 is 15.8 Å². The molecule has 2 atom stereocenters. The van der Waals surface area contributed by atoms with Gasteiger partial charge < -0.3 is 15.8 Å². The number of hydrogen-bond donors (Lipinski definition) is 2. The second kappa shape index (κ2) is 5.32. The average molecular weight is 220 g/mol. The Morgan fingerprint density at radius 1 is 1.38 bits per heavy atom. The first kappa shape index (κ1) is 11.4. The standard InChI is InChI=1S/C13H20N2O/c1-16-12-6-4-10(5-7-12)13-11(9-14)3-2-8-15-13/h4-7,11,13,15H,2-3,8-9,14H2,1H3/t11-,13-/m1/s1. The maximum Gasteiger partial charge on any atom is 0.118 e. The van der Waals surface area contributed by atoms with Crippen LogP contribution in [0.2, 0.25) is 0 Å². The largest absolute Gasteiger partial charge is 0.497 e. The van der Waals surface area contributed by atoms with Gasteiger partial charge in [-0.1, -0.05) is 12.1 Å². The summed E-state index contributed by atoms with van der Waals surface area (Å²) in [7, 11) is 1.69. The zero-order valence-electron chi connectivity index (χ0n) is 9.78. The highest BCUT2D eigenvalue weighted by atomic mass is 16.5. The highest BCUT2D eigenvalue weighted by Crippen LogP contribution is 2.29. The van der Waals surface area contributed by atoms with Crippen molar-refractivity contribution in [3.63, 3.8) is 0 Å². The predicted molar refractivity (Wildman–Crippen MR) is 65.5 cm³/mol. The molecule has 2 rings (SSSR count). The molecule has 0 amide bonds. The average Bonchev–Trinajstić information content (AvgIpc) is 2.39. The Labute approximate surface area is 97.0 Å². The van der Waals surface area contributed by atoms with Gasteiger partial charge in [-0.25, -0.2) is 0 Å². The van der Waals surface area contributed by atoms with Crippen molar-refractivity contribution >= 4 is 0 Å². The van der Waals surface area contributed by atoms with Crippen LogP contribution in [-0.4, -0.2) is 20.2 Å². The van der Waals surface area contributed by atoms with Crippen molar-refractivity contribution in [2.75, 3.05) is 20.2 Å². The Morgan fingerprint density at radius 3 is 2.75 bits per heavy atom. The molecule has 1 aromatic carbocycles. The summed E-state index contributed by atoms with van der Waals surface area (Å²) in [6.45, 7) is 1.84. The van der Waals surface area contributed by atoms with E-state index in [0.29, 0.717) is 12.0 Å². The molecule has 0 spiro atoms. The summed E-state index contributed by atoms with van der Waals surface area (Å²) in [6.07, 6.45) is 2.45. The monoisotopic (exact) mass is 220 g/mol. The maximum absolute atomic E-state index is 5.82. The molecule has 1 saturated heterocycles. The number of nitrogens with two attached hydrogens (primary N) is 1. The molecule has 16 heavy (non-hydrogen) atoms. The Balaban J connectivity index is 2.14. The number of benzene rings is 1. The minimum atomic E-state index is 0.407. The number of piperidine rings is 1. The van der Waals surface area contributed by atoms with E-state index < -0.39 is 0 Å². The highest BCUT2D eigenvalue weighted by Gasteiger charge is 2.24. The minimum Gasteiger partial charge on any atom is -0.497 e. The fourth-order valence-electron chi connectivity index (χ4n) is 2.41. The van der Waals surface area contributed by atoms with Crippen molar-refractivity contribution in [3.05, 3.63) is 29.8 Å². The lowest BCUT2D eigenvalue weighted by Crippen LogP contribution is -2.37. The van der Waals surface area contributed by atoms with Crippen molar-refractivity contribution in [3.8, 4) is 5.75 Å². The van der Waals surface area contributed by atoms with Crippen molar-refractivity contribution in [1.82, 2.24) is 5.32 Å². The second-order valence-corrected chi connectivity index (χ2v) is 4.34. The number of nitrogens with one attached hydrogen (secondary N) is 1. The van der Waals surface area contributed by atoms with Gasteiger partial charge in [0, 0.05) is 6.04 Å². The van der Waals surface area contributed by atoms with Crippen LogP contribution in [0.1, 0.15) is 24.4 Å². The molecule has 1 aliphatic rings. The number of hydrogen-bond acceptors (Lipinski definition) is 3. The molecule has 3 nitrogen and oxygen atoms in total. The zero-order valence-corrected chi connectivity index (χ0v) is 9.78. The molecule has 3 heteroatoms. The lowest BCUT2D eigenvalue weighted by molar-refractivity contribution is 0.291.